The summed E-state index contributed by atoms with van der Waals surface area (Å²) >= 11 is 0. The summed E-state index contributed by atoms with van der Waals surface area (Å²) < 4.78 is 0. The molecule has 2 heteroatoms. The second-order valence-electron chi connectivity index (χ2n) is 4.23. The summed E-state index contributed by atoms with van der Waals surface area (Å²) in [7, 11) is 0. The molecule has 0 aromatic heterocycles. The Hall–Kier alpha value is -1.28. The molecular formula is C15H24N2. The Kier molecular flexibility index (Phi) is 6.41. The highest BCUT2D eigenvalue weighted by Crippen LogP contribution is 2.10. The van der Waals surface area contributed by atoms with Gasteiger partial charge in [-0.2, -0.15) is 0 Å². The van der Waals surface area contributed by atoms with Crippen LogP contribution in [0.25, 0.3) is 0 Å². The van der Waals surface area contributed by atoms with Gasteiger partial charge in [0.05, 0.1) is 0 Å². The van der Waals surface area contributed by atoms with E-state index in [-0.39, 0.29) is 0 Å². The summed E-state index contributed by atoms with van der Waals surface area (Å²) in [6, 6.07) is 8.58. The number of benzene rings is 1. The maximum absolute atomic E-state index is 3.65. The van der Waals surface area contributed by atoms with Gasteiger partial charge in [-0.1, -0.05) is 32.6 Å². The van der Waals surface area contributed by atoms with Crippen LogP contribution < -0.4 is 5.32 Å². The van der Waals surface area contributed by atoms with E-state index in [0.717, 1.165) is 25.2 Å². The fourth-order valence-corrected chi connectivity index (χ4v) is 1.92. The van der Waals surface area contributed by atoms with E-state index >= 15 is 0 Å². The minimum atomic E-state index is 1.10. The Labute approximate surface area is 105 Å². The summed E-state index contributed by atoms with van der Waals surface area (Å²) in [5.41, 5.74) is 2.50. The zero-order chi connectivity index (χ0) is 12.5. The molecule has 0 fully saturated rings. The van der Waals surface area contributed by atoms with Crippen LogP contribution in [0.5, 0.6) is 0 Å². The third-order valence-corrected chi connectivity index (χ3v) is 2.93. The van der Waals surface area contributed by atoms with Crippen LogP contribution in [0.4, 0.5) is 5.69 Å². The first-order chi connectivity index (χ1) is 8.30. The molecule has 0 spiro atoms. The molecule has 0 radical (unpaired) electrons. The van der Waals surface area contributed by atoms with Crippen LogP contribution in [-0.2, 0) is 6.42 Å². The molecule has 1 aromatic carbocycles. The highest BCUT2D eigenvalue weighted by Gasteiger charge is 2.01. The van der Waals surface area contributed by atoms with Crippen LogP contribution in [0, 0.1) is 0 Å². The van der Waals surface area contributed by atoms with Gasteiger partial charge in [-0.05, 0) is 49.8 Å². The van der Waals surface area contributed by atoms with Crippen LogP contribution >= 0.6 is 0 Å². The smallest absolute Gasteiger partial charge is 0.0379 e. The minimum Gasteiger partial charge on any atom is -0.362 e. The second-order valence-corrected chi connectivity index (χ2v) is 4.23. The summed E-state index contributed by atoms with van der Waals surface area (Å²) in [6.07, 6.45) is 4.06. The quantitative estimate of drug-likeness (QED) is 0.738. The first-order valence-electron chi connectivity index (χ1n) is 6.48. The van der Waals surface area contributed by atoms with E-state index in [2.05, 4.69) is 54.9 Å². The predicted molar refractivity (Wildman–Crippen MR) is 76.4 cm³/mol. The topological polar surface area (TPSA) is 15.3 Å². The van der Waals surface area contributed by atoms with Crippen molar-refractivity contribution in [1.29, 1.82) is 0 Å². The van der Waals surface area contributed by atoms with Gasteiger partial charge in [0.2, 0.25) is 0 Å². The standard InChI is InChI=1S/C15H24N2/c1-4-12-17(6-3)13-11-14-7-9-15(10-8-14)16-5-2/h5,7-10,16H,2,4,6,11-13H2,1,3H3. The van der Waals surface area contributed by atoms with Crippen molar-refractivity contribution in [3.63, 3.8) is 0 Å². The highest BCUT2D eigenvalue weighted by molar-refractivity contribution is 5.46. The third-order valence-electron chi connectivity index (χ3n) is 2.93. The molecule has 0 bridgehead atoms. The van der Waals surface area contributed by atoms with E-state index < -0.39 is 0 Å². The summed E-state index contributed by atoms with van der Waals surface area (Å²) in [6.45, 7) is 11.6. The number of hydrogen-bond donors (Lipinski definition) is 1. The van der Waals surface area contributed by atoms with Gasteiger partial charge in [0.15, 0.2) is 0 Å². The molecule has 1 aromatic rings. The molecule has 0 atom stereocenters. The Balaban J connectivity index is 2.42. The Morgan fingerprint density at radius 3 is 2.41 bits per heavy atom. The van der Waals surface area contributed by atoms with Gasteiger partial charge in [0.1, 0.15) is 0 Å². The first-order valence-corrected chi connectivity index (χ1v) is 6.48. The van der Waals surface area contributed by atoms with Gasteiger partial charge >= 0.3 is 0 Å². The Morgan fingerprint density at radius 2 is 1.88 bits per heavy atom. The summed E-state index contributed by atoms with van der Waals surface area (Å²) in [4.78, 5) is 2.50. The largest absolute Gasteiger partial charge is 0.362 e. The monoisotopic (exact) mass is 232 g/mol. The van der Waals surface area contributed by atoms with Crippen LogP contribution in [-0.4, -0.2) is 24.5 Å². The lowest BCUT2D eigenvalue weighted by atomic mass is 10.1. The van der Waals surface area contributed by atoms with E-state index in [0.29, 0.717) is 0 Å². The van der Waals surface area contributed by atoms with Crippen molar-refractivity contribution in [2.45, 2.75) is 26.7 Å². The highest BCUT2D eigenvalue weighted by atomic mass is 15.1. The molecule has 0 aliphatic carbocycles. The minimum absolute atomic E-state index is 1.10. The fourth-order valence-electron chi connectivity index (χ4n) is 1.92. The lowest BCUT2D eigenvalue weighted by Gasteiger charge is -2.19. The van der Waals surface area contributed by atoms with E-state index in [1.165, 1.54) is 18.5 Å². The fraction of sp³-hybridized carbons (Fsp3) is 0.467. The van der Waals surface area contributed by atoms with Crippen LogP contribution in [0.3, 0.4) is 0 Å². The lowest BCUT2D eigenvalue weighted by Crippen LogP contribution is -2.26. The van der Waals surface area contributed by atoms with Crippen molar-refractivity contribution in [2.75, 3.05) is 25.0 Å². The van der Waals surface area contributed by atoms with E-state index in [4.69, 9.17) is 0 Å². The molecule has 1 N–H and O–H groups in total. The van der Waals surface area contributed by atoms with Gasteiger partial charge < -0.3 is 10.2 Å². The van der Waals surface area contributed by atoms with Gasteiger partial charge in [-0.25, -0.2) is 0 Å². The second kappa shape index (κ2) is 7.91. The number of nitrogens with zero attached hydrogens (tertiary/aromatic N) is 1. The van der Waals surface area contributed by atoms with Crippen LogP contribution in [0.2, 0.25) is 0 Å². The van der Waals surface area contributed by atoms with Crippen LogP contribution in [0.1, 0.15) is 25.8 Å². The maximum Gasteiger partial charge on any atom is 0.0379 e. The normalized spacial score (nSPS) is 10.5. The molecule has 0 heterocycles. The van der Waals surface area contributed by atoms with Crippen molar-refractivity contribution in [1.82, 2.24) is 4.90 Å². The predicted octanol–water partition coefficient (Wildman–Crippen LogP) is 3.52. The molecule has 0 amide bonds. The van der Waals surface area contributed by atoms with E-state index in [1.54, 1.807) is 6.20 Å². The number of anilines is 1. The number of nitrogens with one attached hydrogen (secondary N) is 1. The van der Waals surface area contributed by atoms with E-state index in [9.17, 15) is 0 Å². The molecule has 0 aliphatic rings. The van der Waals surface area contributed by atoms with Gasteiger partial charge in [0.25, 0.3) is 0 Å². The Morgan fingerprint density at radius 1 is 1.18 bits per heavy atom. The SMILES string of the molecule is C=CNc1ccc(CCN(CC)CCC)cc1. The van der Waals surface area contributed by atoms with Gasteiger partial charge in [-0.15, -0.1) is 0 Å². The zero-order valence-electron chi connectivity index (χ0n) is 11.1. The molecular weight excluding hydrogens is 208 g/mol. The molecule has 2 nitrogen and oxygen atoms in total. The van der Waals surface area contributed by atoms with Crippen molar-refractivity contribution >= 4 is 5.69 Å². The first kappa shape index (κ1) is 13.8. The van der Waals surface area contributed by atoms with E-state index in [1.807, 2.05) is 0 Å². The maximum atomic E-state index is 3.65. The molecule has 0 aliphatic heterocycles. The van der Waals surface area contributed by atoms with Crippen molar-refractivity contribution in [3.8, 4) is 0 Å². The lowest BCUT2D eigenvalue weighted by molar-refractivity contribution is 0.292. The number of rotatable bonds is 8. The van der Waals surface area contributed by atoms with Gasteiger partial charge in [-0.3, -0.25) is 0 Å². The van der Waals surface area contributed by atoms with Crippen LogP contribution in [0.15, 0.2) is 37.0 Å². The van der Waals surface area contributed by atoms with Crippen molar-refractivity contribution < 1.29 is 0 Å². The average Bonchev–Trinajstić information content (AvgIpc) is 2.36. The molecule has 0 saturated carbocycles. The molecule has 17 heavy (non-hydrogen) atoms. The molecule has 0 unspecified atom stereocenters. The molecule has 94 valence electrons. The van der Waals surface area contributed by atoms with Crippen molar-refractivity contribution in [3.05, 3.63) is 42.6 Å². The summed E-state index contributed by atoms with van der Waals surface area (Å²) in [5, 5.41) is 3.08. The number of likely N-dealkylation sites (N-methyl/N-ethyl adjacent to an activating group) is 1. The van der Waals surface area contributed by atoms with Crippen molar-refractivity contribution in [2.24, 2.45) is 0 Å². The van der Waals surface area contributed by atoms with Gasteiger partial charge in [0, 0.05) is 12.2 Å². The average molecular weight is 232 g/mol. The summed E-state index contributed by atoms with van der Waals surface area (Å²) in [5.74, 6) is 0. The molecule has 1 rings (SSSR count). The Bertz CT molecular complexity index is 316. The number of hydrogen-bond acceptors (Lipinski definition) is 2. The third kappa shape index (κ3) is 5.05. The molecule has 0 saturated heterocycles. The zero-order valence-corrected chi connectivity index (χ0v) is 11.1.